The van der Waals surface area contributed by atoms with Gasteiger partial charge in [-0.1, -0.05) is 30.3 Å². The van der Waals surface area contributed by atoms with Gasteiger partial charge in [-0.2, -0.15) is 0 Å². The quantitative estimate of drug-likeness (QED) is 0.729. The average Bonchev–Trinajstić information content (AvgIpc) is 2.95. The van der Waals surface area contributed by atoms with Crippen LogP contribution >= 0.6 is 0 Å². The summed E-state index contributed by atoms with van der Waals surface area (Å²) >= 11 is 0. The molecule has 0 radical (unpaired) electrons. The molecule has 7 nitrogen and oxygen atoms in total. The number of aromatic nitrogens is 1. The van der Waals surface area contributed by atoms with Crippen molar-refractivity contribution >= 4 is 17.8 Å². The number of carbonyl (C=O) groups is 3. The molecule has 1 amide bonds. The third-order valence-corrected chi connectivity index (χ3v) is 4.13. The number of benzene rings is 1. The third kappa shape index (κ3) is 4.97. The Hall–Kier alpha value is -3.09. The van der Waals surface area contributed by atoms with Crippen molar-refractivity contribution in [1.82, 2.24) is 10.3 Å². The molecule has 0 spiro atoms. The Morgan fingerprint density at radius 3 is 2.37 bits per heavy atom. The number of nitrogens with one attached hydrogen (secondary N) is 2. The number of ether oxygens (including phenoxy) is 2. The molecule has 0 bridgehead atoms. The minimum atomic E-state index is -0.700. The normalized spacial score (nSPS) is 11.6. The van der Waals surface area contributed by atoms with E-state index in [2.05, 4.69) is 10.3 Å². The van der Waals surface area contributed by atoms with Crippen molar-refractivity contribution in [3.63, 3.8) is 0 Å². The van der Waals surface area contributed by atoms with Crippen LogP contribution in [0.5, 0.6) is 0 Å². The van der Waals surface area contributed by atoms with Crippen LogP contribution < -0.4 is 5.32 Å². The van der Waals surface area contributed by atoms with Gasteiger partial charge in [0.05, 0.1) is 18.2 Å². The van der Waals surface area contributed by atoms with Crippen molar-refractivity contribution in [2.45, 2.75) is 33.7 Å². The smallest absolute Gasteiger partial charge is 0.355 e. The molecule has 0 saturated carbocycles. The molecular weight excluding hydrogens is 348 g/mol. The highest BCUT2D eigenvalue weighted by molar-refractivity contribution is 5.99. The van der Waals surface area contributed by atoms with E-state index in [1.807, 2.05) is 37.3 Å². The maximum Gasteiger partial charge on any atom is 0.355 e. The molecule has 1 aromatic heterocycles. The van der Waals surface area contributed by atoms with E-state index in [-0.39, 0.29) is 18.3 Å². The van der Waals surface area contributed by atoms with Gasteiger partial charge < -0.3 is 19.8 Å². The minimum Gasteiger partial charge on any atom is -0.462 e. The number of aromatic amines is 1. The first kappa shape index (κ1) is 20.2. The average molecular weight is 372 g/mol. The van der Waals surface area contributed by atoms with Crippen LogP contribution in [0.3, 0.4) is 0 Å². The van der Waals surface area contributed by atoms with E-state index in [0.717, 1.165) is 5.56 Å². The van der Waals surface area contributed by atoms with Crippen molar-refractivity contribution in [1.29, 1.82) is 0 Å². The van der Waals surface area contributed by atoms with Gasteiger partial charge in [-0.15, -0.1) is 0 Å². The molecule has 2 aromatic rings. The van der Waals surface area contributed by atoms with Crippen LogP contribution in [0, 0.1) is 13.8 Å². The maximum absolute atomic E-state index is 12.3. The number of aryl methyl sites for hydroxylation is 1. The summed E-state index contributed by atoms with van der Waals surface area (Å²) in [6.45, 7) is 6.68. The van der Waals surface area contributed by atoms with E-state index in [4.69, 9.17) is 9.47 Å². The number of esters is 2. The SMILES string of the molecule is CCOC(=O)c1c(C)[nH]c(C(=O)OCC(=O)N[C@H](C)c2ccccc2)c1C. The van der Waals surface area contributed by atoms with E-state index in [1.54, 1.807) is 20.8 Å². The lowest BCUT2D eigenvalue weighted by Gasteiger charge is -2.14. The molecule has 1 atom stereocenters. The van der Waals surface area contributed by atoms with Crippen molar-refractivity contribution in [2.24, 2.45) is 0 Å². The van der Waals surface area contributed by atoms with Crippen LogP contribution in [0.25, 0.3) is 0 Å². The highest BCUT2D eigenvalue weighted by Crippen LogP contribution is 2.20. The van der Waals surface area contributed by atoms with E-state index in [9.17, 15) is 14.4 Å². The first-order valence-corrected chi connectivity index (χ1v) is 8.72. The molecule has 0 aliphatic heterocycles. The van der Waals surface area contributed by atoms with Crippen LogP contribution in [0.1, 0.15) is 57.6 Å². The summed E-state index contributed by atoms with van der Waals surface area (Å²) in [7, 11) is 0. The molecule has 2 N–H and O–H groups in total. The second-order valence-corrected chi connectivity index (χ2v) is 6.12. The van der Waals surface area contributed by atoms with Gasteiger partial charge in [-0.3, -0.25) is 4.79 Å². The van der Waals surface area contributed by atoms with Crippen LogP contribution in [0.15, 0.2) is 30.3 Å². The first-order valence-electron chi connectivity index (χ1n) is 8.72. The Balaban J connectivity index is 1.96. The van der Waals surface area contributed by atoms with E-state index in [0.29, 0.717) is 16.8 Å². The highest BCUT2D eigenvalue weighted by Gasteiger charge is 2.24. The summed E-state index contributed by atoms with van der Waals surface area (Å²) in [5.74, 6) is -1.61. The largest absolute Gasteiger partial charge is 0.462 e. The van der Waals surface area contributed by atoms with E-state index < -0.39 is 24.5 Å². The lowest BCUT2D eigenvalue weighted by molar-refractivity contribution is -0.124. The van der Waals surface area contributed by atoms with Gasteiger partial charge in [-0.05, 0) is 38.8 Å². The minimum absolute atomic E-state index is 0.138. The van der Waals surface area contributed by atoms with Crippen molar-refractivity contribution in [3.05, 3.63) is 58.4 Å². The fourth-order valence-electron chi connectivity index (χ4n) is 2.78. The second kappa shape index (κ2) is 9.02. The molecule has 0 fully saturated rings. The molecule has 7 heteroatoms. The summed E-state index contributed by atoms with van der Waals surface area (Å²) < 4.78 is 10.1. The molecule has 1 aromatic carbocycles. The topological polar surface area (TPSA) is 97.5 Å². The van der Waals surface area contributed by atoms with Gasteiger partial charge in [-0.25, -0.2) is 9.59 Å². The molecule has 1 heterocycles. The zero-order valence-corrected chi connectivity index (χ0v) is 15.9. The van der Waals surface area contributed by atoms with Gasteiger partial charge >= 0.3 is 11.9 Å². The summed E-state index contributed by atoms with van der Waals surface area (Å²) in [5, 5.41) is 2.77. The predicted molar refractivity (Wildman–Crippen MR) is 99.5 cm³/mol. The zero-order chi connectivity index (χ0) is 20.0. The highest BCUT2D eigenvalue weighted by atomic mass is 16.5. The summed E-state index contributed by atoms with van der Waals surface area (Å²) in [5.41, 5.74) is 2.35. The Labute approximate surface area is 158 Å². The second-order valence-electron chi connectivity index (χ2n) is 6.12. The van der Waals surface area contributed by atoms with Gasteiger partial charge in [0.2, 0.25) is 0 Å². The Morgan fingerprint density at radius 1 is 1.07 bits per heavy atom. The van der Waals surface area contributed by atoms with Crippen LogP contribution in [0.2, 0.25) is 0 Å². The van der Waals surface area contributed by atoms with E-state index >= 15 is 0 Å². The number of H-pyrrole nitrogens is 1. The molecule has 0 aliphatic rings. The van der Waals surface area contributed by atoms with Gasteiger partial charge in [0.15, 0.2) is 6.61 Å². The third-order valence-electron chi connectivity index (χ3n) is 4.13. The Bertz CT molecular complexity index is 826. The maximum atomic E-state index is 12.3. The van der Waals surface area contributed by atoms with Crippen molar-refractivity contribution < 1.29 is 23.9 Å². The van der Waals surface area contributed by atoms with Gasteiger partial charge in [0.1, 0.15) is 5.69 Å². The molecule has 27 heavy (non-hydrogen) atoms. The van der Waals surface area contributed by atoms with Crippen LogP contribution in [0.4, 0.5) is 0 Å². The predicted octanol–water partition coefficient (Wildman–Crippen LogP) is 2.84. The fourth-order valence-corrected chi connectivity index (χ4v) is 2.78. The Kier molecular flexibility index (Phi) is 6.76. The Morgan fingerprint density at radius 2 is 1.74 bits per heavy atom. The molecule has 144 valence electrons. The monoisotopic (exact) mass is 372 g/mol. The lowest BCUT2D eigenvalue weighted by atomic mass is 10.1. The van der Waals surface area contributed by atoms with Gasteiger partial charge in [0, 0.05) is 5.69 Å². The zero-order valence-electron chi connectivity index (χ0n) is 15.9. The van der Waals surface area contributed by atoms with Crippen LogP contribution in [-0.2, 0) is 14.3 Å². The lowest BCUT2D eigenvalue weighted by Crippen LogP contribution is -2.31. The molecule has 2 rings (SSSR count). The molecule has 0 unspecified atom stereocenters. The number of hydrogen-bond acceptors (Lipinski definition) is 5. The first-order chi connectivity index (χ1) is 12.8. The fraction of sp³-hybridized carbons (Fsp3) is 0.350. The standard InChI is InChI=1S/C20H24N2O5/c1-5-26-19(24)17-12(2)18(22-14(17)4)20(25)27-11-16(23)21-13(3)15-9-7-6-8-10-15/h6-10,13,22H,5,11H2,1-4H3,(H,21,23)/t13-/m1/s1. The van der Waals surface area contributed by atoms with Crippen molar-refractivity contribution in [2.75, 3.05) is 13.2 Å². The van der Waals surface area contributed by atoms with Crippen molar-refractivity contribution in [3.8, 4) is 0 Å². The molecular formula is C20H24N2O5. The summed E-state index contributed by atoms with van der Waals surface area (Å²) in [6, 6.07) is 9.26. The number of amides is 1. The van der Waals surface area contributed by atoms with Gasteiger partial charge in [0.25, 0.3) is 5.91 Å². The molecule has 0 saturated heterocycles. The summed E-state index contributed by atoms with van der Waals surface area (Å²) in [6.07, 6.45) is 0. The summed E-state index contributed by atoms with van der Waals surface area (Å²) in [4.78, 5) is 39.1. The number of rotatable bonds is 7. The van der Waals surface area contributed by atoms with E-state index in [1.165, 1.54) is 0 Å². The molecule has 0 aliphatic carbocycles. The van der Waals surface area contributed by atoms with Crippen LogP contribution in [-0.4, -0.2) is 36.0 Å². The number of hydrogen-bond donors (Lipinski definition) is 2. The number of carbonyl (C=O) groups excluding carboxylic acids is 3.